The summed E-state index contributed by atoms with van der Waals surface area (Å²) < 4.78 is 0. The minimum atomic E-state index is 0.665. The van der Waals surface area contributed by atoms with Crippen LogP contribution < -0.4 is 4.90 Å². The van der Waals surface area contributed by atoms with Gasteiger partial charge in [-0.15, -0.1) is 0 Å². The predicted octanol–water partition coefficient (Wildman–Crippen LogP) is 2.24. The topological polar surface area (TPSA) is 43.2 Å². The van der Waals surface area contributed by atoms with Crippen molar-refractivity contribution in [2.24, 2.45) is 0 Å². The Labute approximate surface area is 121 Å². The van der Waals surface area contributed by atoms with Crippen LogP contribution in [0.5, 0.6) is 0 Å². The fourth-order valence-electron chi connectivity index (χ4n) is 3.57. The minimum absolute atomic E-state index is 0.665. The lowest BCUT2D eigenvalue weighted by atomic mass is 9.98. The Kier molecular flexibility index (Phi) is 3.62. The lowest BCUT2D eigenvalue weighted by Crippen LogP contribution is -2.55. The largest absolute Gasteiger partial charge is 0.368 e. The molecule has 0 N–H and O–H groups in total. The van der Waals surface area contributed by atoms with Gasteiger partial charge in [-0.1, -0.05) is 6.42 Å². The number of fused-ring (bicyclic) bond motifs is 1. The van der Waals surface area contributed by atoms with Gasteiger partial charge >= 0.3 is 0 Å². The quantitative estimate of drug-likeness (QED) is 0.785. The van der Waals surface area contributed by atoms with E-state index in [9.17, 15) is 5.26 Å². The molecule has 2 aliphatic rings. The highest BCUT2D eigenvalue weighted by Gasteiger charge is 2.30. The summed E-state index contributed by atoms with van der Waals surface area (Å²) in [4.78, 5) is 9.44. The van der Waals surface area contributed by atoms with Crippen molar-refractivity contribution in [3.8, 4) is 6.07 Å². The summed E-state index contributed by atoms with van der Waals surface area (Å²) in [5.41, 5.74) is 3.69. The normalized spacial score (nSPS) is 23.2. The predicted molar refractivity (Wildman–Crippen MR) is 79.9 cm³/mol. The Balaban J connectivity index is 1.88. The molecular weight excluding hydrogens is 248 g/mol. The van der Waals surface area contributed by atoms with Crippen LogP contribution >= 0.6 is 0 Å². The van der Waals surface area contributed by atoms with Crippen LogP contribution in [0.1, 0.15) is 36.2 Å². The maximum absolute atomic E-state index is 9.43. The molecule has 0 saturated carbocycles. The number of pyridine rings is 1. The van der Waals surface area contributed by atoms with Gasteiger partial charge in [-0.05, 0) is 39.3 Å². The van der Waals surface area contributed by atoms with Crippen LogP contribution in [-0.2, 0) is 0 Å². The number of nitrogens with zero attached hydrogens (tertiary/aromatic N) is 4. The van der Waals surface area contributed by atoms with Crippen LogP contribution in [0.25, 0.3) is 0 Å². The summed E-state index contributed by atoms with van der Waals surface area (Å²) in [6.45, 7) is 8.39. The first-order valence-corrected chi connectivity index (χ1v) is 7.56. The van der Waals surface area contributed by atoms with Crippen LogP contribution in [-0.4, -0.2) is 42.1 Å². The summed E-state index contributed by atoms with van der Waals surface area (Å²) in [6.07, 6.45) is 3.98. The molecule has 4 nitrogen and oxygen atoms in total. The summed E-state index contributed by atoms with van der Waals surface area (Å²) in [5, 5.41) is 9.43. The zero-order valence-corrected chi connectivity index (χ0v) is 12.4. The van der Waals surface area contributed by atoms with Crippen molar-refractivity contribution in [2.75, 3.05) is 31.1 Å². The number of piperidine rings is 1. The lowest BCUT2D eigenvalue weighted by molar-refractivity contribution is 0.133. The third-order valence-electron chi connectivity index (χ3n) is 4.60. The van der Waals surface area contributed by atoms with Crippen molar-refractivity contribution in [3.63, 3.8) is 0 Å². The molecule has 1 aromatic heterocycles. The van der Waals surface area contributed by atoms with Gasteiger partial charge in [-0.2, -0.15) is 5.26 Å². The van der Waals surface area contributed by atoms with Crippen LogP contribution in [0.2, 0.25) is 0 Å². The van der Waals surface area contributed by atoms with Crippen molar-refractivity contribution < 1.29 is 0 Å². The van der Waals surface area contributed by atoms with Gasteiger partial charge in [-0.25, -0.2) is 0 Å². The molecule has 1 atom stereocenters. The van der Waals surface area contributed by atoms with E-state index in [2.05, 4.69) is 26.9 Å². The molecule has 1 unspecified atom stereocenters. The van der Waals surface area contributed by atoms with Crippen LogP contribution in [0.3, 0.4) is 0 Å². The van der Waals surface area contributed by atoms with Crippen LogP contribution in [0.4, 0.5) is 5.69 Å². The van der Waals surface area contributed by atoms with Gasteiger partial charge in [-0.3, -0.25) is 9.88 Å². The molecule has 0 amide bonds. The van der Waals surface area contributed by atoms with Crippen molar-refractivity contribution in [1.82, 2.24) is 9.88 Å². The second-order valence-electron chi connectivity index (χ2n) is 5.99. The first-order valence-electron chi connectivity index (χ1n) is 7.56. The smallest absolute Gasteiger partial charge is 0.103 e. The molecule has 0 aromatic carbocycles. The van der Waals surface area contributed by atoms with Gasteiger partial charge in [0.25, 0.3) is 0 Å². The molecule has 4 heteroatoms. The molecule has 2 fully saturated rings. The van der Waals surface area contributed by atoms with E-state index < -0.39 is 0 Å². The number of anilines is 1. The molecule has 0 radical (unpaired) electrons. The van der Waals surface area contributed by atoms with E-state index >= 15 is 0 Å². The highest BCUT2D eigenvalue weighted by molar-refractivity contribution is 5.62. The van der Waals surface area contributed by atoms with Gasteiger partial charge in [0.2, 0.25) is 0 Å². The molecule has 0 spiro atoms. The van der Waals surface area contributed by atoms with Crippen LogP contribution in [0, 0.1) is 25.2 Å². The molecule has 2 saturated heterocycles. The van der Waals surface area contributed by atoms with E-state index in [0.29, 0.717) is 6.04 Å². The molecule has 3 heterocycles. The van der Waals surface area contributed by atoms with Crippen LogP contribution in [0.15, 0.2) is 6.07 Å². The third-order valence-corrected chi connectivity index (χ3v) is 4.60. The van der Waals surface area contributed by atoms with Crippen molar-refractivity contribution >= 4 is 5.69 Å². The summed E-state index contributed by atoms with van der Waals surface area (Å²) in [5.74, 6) is 0. The van der Waals surface area contributed by atoms with E-state index in [-0.39, 0.29) is 0 Å². The molecule has 2 aliphatic heterocycles. The maximum Gasteiger partial charge on any atom is 0.103 e. The molecule has 0 aliphatic carbocycles. The third kappa shape index (κ3) is 2.38. The number of hydrogen-bond acceptors (Lipinski definition) is 4. The second-order valence-corrected chi connectivity index (χ2v) is 5.99. The fourth-order valence-corrected chi connectivity index (χ4v) is 3.57. The number of hydrogen-bond donors (Lipinski definition) is 0. The van der Waals surface area contributed by atoms with E-state index in [0.717, 1.165) is 42.3 Å². The minimum Gasteiger partial charge on any atom is -0.368 e. The Hall–Kier alpha value is -1.60. The summed E-state index contributed by atoms with van der Waals surface area (Å²) >= 11 is 0. The van der Waals surface area contributed by atoms with E-state index in [1.54, 1.807) is 0 Å². The number of aromatic nitrogens is 1. The average molecular weight is 270 g/mol. The summed E-state index contributed by atoms with van der Waals surface area (Å²) in [7, 11) is 0. The standard InChI is InChI=1S/C16H22N4/c1-12-9-16(15(10-17)13(2)18-12)20-8-7-19-6-4-3-5-14(19)11-20/h9,14H,3-8,11H2,1-2H3. The first kappa shape index (κ1) is 13.4. The molecular formula is C16H22N4. The number of piperazine rings is 1. The number of nitriles is 1. The van der Waals surface area contributed by atoms with Crippen molar-refractivity contribution in [2.45, 2.75) is 39.2 Å². The monoisotopic (exact) mass is 270 g/mol. The Bertz CT molecular complexity index is 546. The number of aryl methyl sites for hydroxylation is 2. The SMILES string of the molecule is Cc1cc(N2CCN3CCCCC3C2)c(C#N)c(C)n1. The average Bonchev–Trinajstić information content (AvgIpc) is 2.46. The highest BCUT2D eigenvalue weighted by Crippen LogP contribution is 2.28. The molecule has 1 aromatic rings. The lowest BCUT2D eigenvalue weighted by Gasteiger charge is -2.45. The highest BCUT2D eigenvalue weighted by atomic mass is 15.3. The Morgan fingerprint density at radius 3 is 2.90 bits per heavy atom. The summed E-state index contributed by atoms with van der Waals surface area (Å²) in [6, 6.07) is 5.08. The molecule has 106 valence electrons. The molecule has 0 bridgehead atoms. The zero-order valence-electron chi connectivity index (χ0n) is 12.4. The van der Waals surface area contributed by atoms with E-state index in [4.69, 9.17) is 0 Å². The van der Waals surface area contributed by atoms with Gasteiger partial charge in [0, 0.05) is 31.4 Å². The van der Waals surface area contributed by atoms with Gasteiger partial charge in [0.15, 0.2) is 0 Å². The molecule has 3 rings (SSSR count). The maximum atomic E-state index is 9.43. The molecule has 20 heavy (non-hydrogen) atoms. The van der Waals surface area contributed by atoms with Gasteiger partial charge in [0.05, 0.1) is 16.9 Å². The number of rotatable bonds is 1. The first-order chi connectivity index (χ1) is 9.69. The second kappa shape index (κ2) is 5.41. The Morgan fingerprint density at radius 1 is 1.25 bits per heavy atom. The van der Waals surface area contributed by atoms with E-state index in [1.807, 2.05) is 13.8 Å². The van der Waals surface area contributed by atoms with Crippen molar-refractivity contribution in [3.05, 3.63) is 23.0 Å². The van der Waals surface area contributed by atoms with E-state index in [1.165, 1.54) is 25.8 Å². The van der Waals surface area contributed by atoms with Gasteiger partial charge in [0.1, 0.15) is 6.07 Å². The zero-order chi connectivity index (χ0) is 14.1. The van der Waals surface area contributed by atoms with Gasteiger partial charge < -0.3 is 4.90 Å². The fraction of sp³-hybridized carbons (Fsp3) is 0.625. The van der Waals surface area contributed by atoms with Crippen molar-refractivity contribution in [1.29, 1.82) is 5.26 Å². The Morgan fingerprint density at radius 2 is 2.10 bits per heavy atom.